The summed E-state index contributed by atoms with van der Waals surface area (Å²) in [6.45, 7) is 4.09. The Labute approximate surface area is 171 Å². The SMILES string of the molecule is Cc1ccc(C(C)/C=C/c2ccccc2)c(C2=NS(=O)(=O)c3ccccc3N2)c1. The second-order valence-corrected chi connectivity index (χ2v) is 8.76. The van der Waals surface area contributed by atoms with Gasteiger partial charge in [0.25, 0.3) is 10.0 Å². The quantitative estimate of drug-likeness (QED) is 0.638. The molecule has 1 N–H and O–H groups in total. The van der Waals surface area contributed by atoms with Crippen LogP contribution < -0.4 is 5.32 Å². The molecule has 29 heavy (non-hydrogen) atoms. The minimum Gasteiger partial charge on any atom is -0.338 e. The van der Waals surface area contributed by atoms with Crippen molar-refractivity contribution in [3.8, 4) is 0 Å². The number of fused-ring (bicyclic) bond motifs is 1. The largest absolute Gasteiger partial charge is 0.338 e. The number of anilines is 1. The molecule has 1 aliphatic heterocycles. The number of allylic oxidation sites excluding steroid dienone is 1. The van der Waals surface area contributed by atoms with Crippen LogP contribution >= 0.6 is 0 Å². The van der Waals surface area contributed by atoms with E-state index in [1.807, 2.05) is 49.4 Å². The van der Waals surface area contributed by atoms with Crippen LogP contribution in [0.4, 0.5) is 5.69 Å². The van der Waals surface area contributed by atoms with Gasteiger partial charge in [0.15, 0.2) is 5.84 Å². The van der Waals surface area contributed by atoms with Crippen molar-refractivity contribution in [2.75, 3.05) is 5.32 Å². The number of sulfonamides is 1. The number of rotatable bonds is 4. The van der Waals surface area contributed by atoms with E-state index >= 15 is 0 Å². The third-order valence-electron chi connectivity index (χ3n) is 4.96. The van der Waals surface area contributed by atoms with Gasteiger partial charge in [-0.2, -0.15) is 8.42 Å². The summed E-state index contributed by atoms with van der Waals surface area (Å²) in [5.41, 5.74) is 4.54. The molecule has 3 aromatic rings. The molecule has 4 rings (SSSR count). The van der Waals surface area contributed by atoms with Crippen molar-refractivity contribution < 1.29 is 8.42 Å². The summed E-state index contributed by atoms with van der Waals surface area (Å²) in [6.07, 6.45) is 4.20. The van der Waals surface area contributed by atoms with Crippen molar-refractivity contribution >= 4 is 27.6 Å². The van der Waals surface area contributed by atoms with Gasteiger partial charge in [0.1, 0.15) is 4.90 Å². The van der Waals surface area contributed by atoms with E-state index in [2.05, 4.69) is 40.9 Å². The highest BCUT2D eigenvalue weighted by molar-refractivity contribution is 7.90. The van der Waals surface area contributed by atoms with Crippen LogP contribution in [0.3, 0.4) is 0 Å². The maximum absolute atomic E-state index is 12.7. The number of nitrogens with one attached hydrogen (secondary N) is 1. The lowest BCUT2D eigenvalue weighted by molar-refractivity contribution is 0.598. The molecule has 0 aromatic heterocycles. The first-order valence-electron chi connectivity index (χ1n) is 9.49. The molecular formula is C24H22N2O2S. The first kappa shape index (κ1) is 19.2. The highest BCUT2D eigenvalue weighted by Gasteiger charge is 2.26. The van der Waals surface area contributed by atoms with E-state index < -0.39 is 10.0 Å². The summed E-state index contributed by atoms with van der Waals surface area (Å²) < 4.78 is 29.5. The van der Waals surface area contributed by atoms with Gasteiger partial charge in [0, 0.05) is 11.5 Å². The lowest BCUT2D eigenvalue weighted by Gasteiger charge is -2.21. The fourth-order valence-corrected chi connectivity index (χ4v) is 4.56. The molecule has 146 valence electrons. The Morgan fingerprint density at radius 1 is 0.966 bits per heavy atom. The number of benzene rings is 3. The normalized spacial score (nSPS) is 16.0. The lowest BCUT2D eigenvalue weighted by atomic mass is 9.92. The average Bonchev–Trinajstić information content (AvgIpc) is 2.72. The molecule has 0 saturated carbocycles. The molecule has 3 aromatic carbocycles. The standard InChI is InChI=1S/C24H22N2O2S/c1-17-12-15-20(18(2)13-14-19-8-4-3-5-9-19)21(16-17)24-25-22-10-6-7-11-23(22)29(27,28)26-24/h3-16,18H,1-2H3,(H,25,26)/b14-13+. The lowest BCUT2D eigenvalue weighted by Crippen LogP contribution is -2.24. The maximum Gasteiger partial charge on any atom is 0.286 e. The summed E-state index contributed by atoms with van der Waals surface area (Å²) in [5.74, 6) is 0.442. The smallest absolute Gasteiger partial charge is 0.286 e. The Morgan fingerprint density at radius 2 is 1.69 bits per heavy atom. The summed E-state index contributed by atoms with van der Waals surface area (Å²) in [4.78, 5) is 0.204. The molecule has 0 spiro atoms. The molecule has 1 unspecified atom stereocenters. The molecular weight excluding hydrogens is 380 g/mol. The molecule has 1 atom stereocenters. The average molecular weight is 403 g/mol. The molecule has 5 heteroatoms. The van der Waals surface area contributed by atoms with Gasteiger partial charge in [-0.1, -0.05) is 79.2 Å². The van der Waals surface area contributed by atoms with Gasteiger partial charge in [0.2, 0.25) is 0 Å². The molecule has 0 bridgehead atoms. The zero-order valence-electron chi connectivity index (χ0n) is 16.3. The third-order valence-corrected chi connectivity index (χ3v) is 6.30. The monoisotopic (exact) mass is 402 g/mol. The van der Waals surface area contributed by atoms with Crippen LogP contribution in [0, 0.1) is 6.92 Å². The summed E-state index contributed by atoms with van der Waals surface area (Å²) >= 11 is 0. The van der Waals surface area contributed by atoms with E-state index in [0.29, 0.717) is 11.5 Å². The summed E-state index contributed by atoms with van der Waals surface area (Å²) in [6, 6.07) is 23.0. The van der Waals surface area contributed by atoms with E-state index in [4.69, 9.17) is 0 Å². The Bertz CT molecular complexity index is 1210. The Hall–Kier alpha value is -3.18. The van der Waals surface area contributed by atoms with Gasteiger partial charge in [-0.25, -0.2) is 0 Å². The van der Waals surface area contributed by atoms with Crippen LogP contribution in [0.25, 0.3) is 6.08 Å². The van der Waals surface area contributed by atoms with Crippen molar-refractivity contribution in [2.45, 2.75) is 24.7 Å². The van der Waals surface area contributed by atoms with Crippen molar-refractivity contribution in [1.29, 1.82) is 0 Å². The number of aryl methyl sites for hydroxylation is 1. The number of para-hydroxylation sites is 1. The number of hydrogen-bond donors (Lipinski definition) is 1. The van der Waals surface area contributed by atoms with Crippen LogP contribution in [-0.4, -0.2) is 14.3 Å². The topological polar surface area (TPSA) is 58.5 Å². The fourth-order valence-electron chi connectivity index (χ4n) is 3.43. The molecule has 4 nitrogen and oxygen atoms in total. The Morgan fingerprint density at radius 3 is 2.48 bits per heavy atom. The molecule has 0 amide bonds. The zero-order valence-corrected chi connectivity index (χ0v) is 17.1. The summed E-state index contributed by atoms with van der Waals surface area (Å²) in [5, 5.41) is 3.21. The first-order chi connectivity index (χ1) is 13.9. The first-order valence-corrected chi connectivity index (χ1v) is 10.9. The maximum atomic E-state index is 12.7. The molecule has 0 radical (unpaired) electrons. The van der Waals surface area contributed by atoms with Crippen LogP contribution in [0.15, 0.2) is 88.2 Å². The van der Waals surface area contributed by atoms with Crippen LogP contribution in [0.2, 0.25) is 0 Å². The fraction of sp³-hybridized carbons (Fsp3) is 0.125. The predicted molar refractivity (Wildman–Crippen MR) is 119 cm³/mol. The van der Waals surface area contributed by atoms with Crippen LogP contribution in [0.5, 0.6) is 0 Å². The molecule has 1 aliphatic rings. The van der Waals surface area contributed by atoms with Crippen LogP contribution in [-0.2, 0) is 10.0 Å². The van der Waals surface area contributed by atoms with Gasteiger partial charge >= 0.3 is 0 Å². The minimum atomic E-state index is -3.74. The van der Waals surface area contributed by atoms with Crippen molar-refractivity contribution in [1.82, 2.24) is 0 Å². The van der Waals surface area contributed by atoms with Crippen molar-refractivity contribution in [2.24, 2.45) is 4.40 Å². The Balaban J connectivity index is 1.75. The van der Waals surface area contributed by atoms with E-state index in [1.165, 1.54) is 0 Å². The second kappa shape index (κ2) is 7.68. The highest BCUT2D eigenvalue weighted by atomic mass is 32.2. The highest BCUT2D eigenvalue weighted by Crippen LogP contribution is 2.31. The van der Waals surface area contributed by atoms with E-state index in [1.54, 1.807) is 18.2 Å². The van der Waals surface area contributed by atoms with Gasteiger partial charge in [-0.3, -0.25) is 0 Å². The predicted octanol–water partition coefficient (Wildman–Crippen LogP) is 5.37. The molecule has 1 heterocycles. The van der Waals surface area contributed by atoms with Crippen molar-refractivity contribution in [3.63, 3.8) is 0 Å². The number of hydrogen-bond acceptors (Lipinski definition) is 3. The van der Waals surface area contributed by atoms with E-state index in [-0.39, 0.29) is 10.8 Å². The molecule has 0 saturated heterocycles. The van der Waals surface area contributed by atoms with Crippen LogP contribution in [0.1, 0.15) is 35.1 Å². The van der Waals surface area contributed by atoms with Gasteiger partial charge < -0.3 is 5.32 Å². The van der Waals surface area contributed by atoms with Gasteiger partial charge in [-0.15, -0.1) is 4.40 Å². The zero-order chi connectivity index (χ0) is 20.4. The molecule has 0 aliphatic carbocycles. The van der Waals surface area contributed by atoms with E-state index in [0.717, 1.165) is 22.3 Å². The Kier molecular flexibility index (Phi) is 5.07. The second-order valence-electron chi connectivity index (χ2n) is 7.19. The number of nitrogens with zero attached hydrogens (tertiary/aromatic N) is 1. The van der Waals surface area contributed by atoms with Gasteiger partial charge in [-0.05, 0) is 36.2 Å². The van der Waals surface area contributed by atoms with E-state index in [9.17, 15) is 8.42 Å². The van der Waals surface area contributed by atoms with Gasteiger partial charge in [0.05, 0.1) is 5.69 Å². The number of amidine groups is 1. The molecule has 0 fully saturated rings. The minimum absolute atomic E-state index is 0.0789. The summed E-state index contributed by atoms with van der Waals surface area (Å²) in [7, 11) is -3.74. The third kappa shape index (κ3) is 4.00. The van der Waals surface area contributed by atoms with Crippen molar-refractivity contribution in [3.05, 3.63) is 101 Å².